The van der Waals surface area contributed by atoms with E-state index in [9.17, 15) is 5.26 Å². The first-order valence-corrected chi connectivity index (χ1v) is 7.61. The highest BCUT2D eigenvalue weighted by Crippen LogP contribution is 2.27. The maximum atomic E-state index is 9.37. The molecule has 0 aliphatic rings. The molecule has 0 saturated carbocycles. The standard InChI is InChI=1S/C17H14N2OS/c18-9-16-14(10-19-8-2-1-3-17(16)19)12-21-15-6-4-13(11-20)5-7-15/h1-8,10,20H,11-12H2. The fraction of sp³-hybridized carbons (Fsp3) is 0.118. The van der Waals surface area contributed by atoms with Gasteiger partial charge >= 0.3 is 0 Å². The first-order chi connectivity index (χ1) is 10.3. The van der Waals surface area contributed by atoms with Crippen LogP contribution in [0.3, 0.4) is 0 Å². The van der Waals surface area contributed by atoms with Crippen molar-refractivity contribution >= 4 is 17.3 Å². The van der Waals surface area contributed by atoms with Crippen LogP contribution >= 0.6 is 11.8 Å². The number of fused-ring (bicyclic) bond motifs is 1. The van der Waals surface area contributed by atoms with Crippen LogP contribution in [0.4, 0.5) is 0 Å². The van der Waals surface area contributed by atoms with Gasteiger partial charge in [0.05, 0.1) is 17.7 Å². The van der Waals surface area contributed by atoms with Gasteiger partial charge in [0.15, 0.2) is 0 Å². The monoisotopic (exact) mass is 294 g/mol. The van der Waals surface area contributed by atoms with Crippen molar-refractivity contribution in [1.29, 1.82) is 5.26 Å². The van der Waals surface area contributed by atoms with E-state index < -0.39 is 0 Å². The van der Waals surface area contributed by atoms with Crippen molar-refractivity contribution in [3.8, 4) is 6.07 Å². The molecule has 3 aromatic rings. The lowest BCUT2D eigenvalue weighted by Gasteiger charge is -2.02. The fourth-order valence-electron chi connectivity index (χ4n) is 2.27. The quantitative estimate of drug-likeness (QED) is 0.748. The molecule has 104 valence electrons. The maximum Gasteiger partial charge on any atom is 0.102 e. The molecule has 0 fully saturated rings. The molecule has 4 heteroatoms. The largest absolute Gasteiger partial charge is 0.392 e. The highest BCUT2D eigenvalue weighted by atomic mass is 32.2. The van der Waals surface area contributed by atoms with E-state index in [-0.39, 0.29) is 6.61 Å². The molecule has 21 heavy (non-hydrogen) atoms. The van der Waals surface area contributed by atoms with Crippen LogP contribution in [0.25, 0.3) is 5.52 Å². The summed E-state index contributed by atoms with van der Waals surface area (Å²) >= 11 is 1.69. The zero-order chi connectivity index (χ0) is 14.7. The summed E-state index contributed by atoms with van der Waals surface area (Å²) in [6, 6.07) is 16.0. The summed E-state index contributed by atoms with van der Waals surface area (Å²) in [6.07, 6.45) is 3.98. The van der Waals surface area contributed by atoms with Gasteiger partial charge in [0.25, 0.3) is 0 Å². The molecule has 0 bridgehead atoms. The molecule has 0 unspecified atom stereocenters. The number of rotatable bonds is 4. The van der Waals surface area contributed by atoms with Gasteiger partial charge in [-0.1, -0.05) is 18.2 Å². The molecular formula is C17H14N2OS. The van der Waals surface area contributed by atoms with Crippen LogP contribution in [-0.2, 0) is 12.4 Å². The number of pyridine rings is 1. The minimum atomic E-state index is 0.0639. The van der Waals surface area contributed by atoms with Crippen molar-refractivity contribution in [3.05, 3.63) is 71.5 Å². The van der Waals surface area contributed by atoms with Crippen LogP contribution in [0.2, 0.25) is 0 Å². The molecular weight excluding hydrogens is 280 g/mol. The highest BCUT2D eigenvalue weighted by molar-refractivity contribution is 7.98. The summed E-state index contributed by atoms with van der Waals surface area (Å²) in [7, 11) is 0. The molecule has 0 aliphatic carbocycles. The Morgan fingerprint density at radius 3 is 2.67 bits per heavy atom. The van der Waals surface area contributed by atoms with Gasteiger partial charge in [-0.15, -0.1) is 11.8 Å². The van der Waals surface area contributed by atoms with E-state index in [1.807, 2.05) is 59.3 Å². The van der Waals surface area contributed by atoms with Gasteiger partial charge in [-0.3, -0.25) is 0 Å². The third kappa shape index (κ3) is 2.80. The Bertz CT molecular complexity index is 800. The second-order valence-corrected chi connectivity index (χ2v) is 5.77. The molecule has 0 saturated heterocycles. The van der Waals surface area contributed by atoms with Gasteiger partial charge in [-0.05, 0) is 35.4 Å². The van der Waals surface area contributed by atoms with E-state index >= 15 is 0 Å². The Labute approximate surface area is 127 Å². The van der Waals surface area contributed by atoms with Crippen LogP contribution in [0, 0.1) is 11.3 Å². The predicted octanol–water partition coefficient (Wildman–Crippen LogP) is 3.60. The topological polar surface area (TPSA) is 48.4 Å². The molecule has 2 heterocycles. The Morgan fingerprint density at radius 2 is 1.95 bits per heavy atom. The number of aromatic nitrogens is 1. The molecule has 1 aromatic carbocycles. The first kappa shape index (κ1) is 13.7. The highest BCUT2D eigenvalue weighted by Gasteiger charge is 2.10. The molecule has 0 radical (unpaired) electrons. The van der Waals surface area contributed by atoms with Gasteiger partial charge in [-0.25, -0.2) is 0 Å². The van der Waals surface area contributed by atoms with Crippen molar-refractivity contribution < 1.29 is 5.11 Å². The Balaban J connectivity index is 1.83. The third-order valence-electron chi connectivity index (χ3n) is 3.37. The van der Waals surface area contributed by atoms with Crippen molar-refractivity contribution in [3.63, 3.8) is 0 Å². The third-order valence-corrected chi connectivity index (χ3v) is 4.44. The Morgan fingerprint density at radius 1 is 1.14 bits per heavy atom. The smallest absolute Gasteiger partial charge is 0.102 e. The number of hydrogen-bond donors (Lipinski definition) is 1. The SMILES string of the molecule is N#Cc1c(CSc2ccc(CO)cc2)cn2ccccc12. The Kier molecular flexibility index (Phi) is 3.96. The second kappa shape index (κ2) is 6.04. The van der Waals surface area contributed by atoms with E-state index in [0.717, 1.165) is 32.9 Å². The number of thioether (sulfide) groups is 1. The molecule has 0 aliphatic heterocycles. The average molecular weight is 294 g/mol. The van der Waals surface area contributed by atoms with Crippen LogP contribution in [0.5, 0.6) is 0 Å². The number of nitriles is 1. The van der Waals surface area contributed by atoms with Gasteiger partial charge in [0.1, 0.15) is 6.07 Å². The van der Waals surface area contributed by atoms with Gasteiger partial charge in [0, 0.05) is 23.0 Å². The lowest BCUT2D eigenvalue weighted by atomic mass is 10.2. The molecule has 0 amide bonds. The average Bonchev–Trinajstić information content (AvgIpc) is 2.91. The Hall–Kier alpha value is -2.22. The lowest BCUT2D eigenvalue weighted by molar-refractivity contribution is 0.282. The van der Waals surface area contributed by atoms with Gasteiger partial charge in [0.2, 0.25) is 0 Å². The second-order valence-electron chi connectivity index (χ2n) is 4.73. The maximum absolute atomic E-state index is 9.37. The molecule has 0 atom stereocenters. The van der Waals surface area contributed by atoms with Crippen LogP contribution in [0.15, 0.2) is 59.8 Å². The molecule has 3 rings (SSSR count). The molecule has 3 nitrogen and oxygen atoms in total. The van der Waals surface area contributed by atoms with E-state index in [1.165, 1.54) is 0 Å². The van der Waals surface area contributed by atoms with E-state index in [1.54, 1.807) is 11.8 Å². The van der Waals surface area contributed by atoms with E-state index in [4.69, 9.17) is 5.11 Å². The molecule has 2 aromatic heterocycles. The summed E-state index contributed by atoms with van der Waals surface area (Å²) in [5.41, 5.74) is 3.65. The van der Waals surface area contributed by atoms with E-state index in [2.05, 4.69) is 6.07 Å². The molecule has 0 spiro atoms. The summed E-state index contributed by atoms with van der Waals surface area (Å²) in [5.74, 6) is 0.753. The molecule has 1 N–H and O–H groups in total. The summed E-state index contributed by atoms with van der Waals surface area (Å²) in [6.45, 7) is 0.0639. The predicted molar refractivity (Wildman–Crippen MR) is 84.0 cm³/mol. The fourth-order valence-corrected chi connectivity index (χ4v) is 3.14. The van der Waals surface area contributed by atoms with Crippen molar-refractivity contribution in [2.24, 2.45) is 0 Å². The number of aliphatic hydroxyl groups is 1. The zero-order valence-corrected chi connectivity index (χ0v) is 12.2. The van der Waals surface area contributed by atoms with Gasteiger partial charge in [-0.2, -0.15) is 5.26 Å². The van der Waals surface area contributed by atoms with Crippen molar-refractivity contribution in [2.45, 2.75) is 17.3 Å². The van der Waals surface area contributed by atoms with Crippen LogP contribution in [0.1, 0.15) is 16.7 Å². The zero-order valence-electron chi connectivity index (χ0n) is 11.4. The minimum absolute atomic E-state index is 0.0639. The number of benzene rings is 1. The van der Waals surface area contributed by atoms with E-state index in [0.29, 0.717) is 0 Å². The first-order valence-electron chi connectivity index (χ1n) is 6.63. The van der Waals surface area contributed by atoms with Crippen molar-refractivity contribution in [2.75, 3.05) is 0 Å². The summed E-state index contributed by atoms with van der Waals surface area (Å²) in [5, 5.41) is 18.4. The summed E-state index contributed by atoms with van der Waals surface area (Å²) < 4.78 is 1.99. The van der Waals surface area contributed by atoms with Gasteiger partial charge < -0.3 is 9.51 Å². The minimum Gasteiger partial charge on any atom is -0.392 e. The van der Waals surface area contributed by atoms with Crippen LogP contribution < -0.4 is 0 Å². The summed E-state index contributed by atoms with van der Waals surface area (Å²) in [4.78, 5) is 1.13. The number of aliphatic hydroxyl groups excluding tert-OH is 1. The normalized spacial score (nSPS) is 10.7. The van der Waals surface area contributed by atoms with Crippen LogP contribution in [-0.4, -0.2) is 9.51 Å². The number of hydrogen-bond acceptors (Lipinski definition) is 3. The lowest BCUT2D eigenvalue weighted by Crippen LogP contribution is -1.84. The van der Waals surface area contributed by atoms with Crippen molar-refractivity contribution in [1.82, 2.24) is 4.40 Å². The number of nitrogens with zero attached hydrogens (tertiary/aromatic N) is 2.